The van der Waals surface area contributed by atoms with Crippen LogP contribution in [0.3, 0.4) is 0 Å². The fraction of sp³-hybridized carbons (Fsp3) is 0. The molecule has 6 heteroatoms. The first kappa shape index (κ1) is 6.93. The lowest BCUT2D eigenvalue weighted by atomic mass is 10.3. The molecule has 0 saturated heterocycles. The van der Waals surface area contributed by atoms with E-state index in [9.17, 15) is 9.00 Å². The lowest BCUT2D eigenvalue weighted by Crippen LogP contribution is -1.91. The Hall–Kier alpha value is -0.750. The normalized spacial score (nSPS) is 21.8. The molecule has 1 atom stereocenters. The van der Waals surface area contributed by atoms with Gasteiger partial charge >= 0.3 is 0 Å². The number of hydrogen-bond acceptors (Lipinski definition) is 5. The molecule has 1 aromatic rings. The molecule has 11 heavy (non-hydrogen) atoms. The quantitative estimate of drug-likeness (QED) is 0.548. The van der Waals surface area contributed by atoms with Crippen LogP contribution in [0.1, 0.15) is 10.4 Å². The molecule has 4 nitrogen and oxygen atoms in total. The molecule has 1 aliphatic heterocycles. The molecule has 0 saturated carbocycles. The third-order valence-electron chi connectivity index (χ3n) is 1.24. The molecule has 2 rings (SSSR count). The van der Waals surface area contributed by atoms with Crippen LogP contribution in [-0.4, -0.2) is 19.5 Å². The topological polar surface area (TPSA) is 59.9 Å². The van der Waals surface area contributed by atoms with Crippen molar-refractivity contribution >= 4 is 25.7 Å². The van der Waals surface area contributed by atoms with Gasteiger partial charge in [0.05, 0.1) is 22.9 Å². The van der Waals surface area contributed by atoms with E-state index < -0.39 is 9.83 Å². The minimum Gasteiger partial charge on any atom is -0.280 e. The predicted octanol–water partition coefficient (Wildman–Crippen LogP) is 0.386. The lowest BCUT2D eigenvalue weighted by molar-refractivity contribution is 0.108. The maximum absolute atomic E-state index is 11.1. The van der Waals surface area contributed by atoms with Gasteiger partial charge in [-0.1, -0.05) is 0 Å². The zero-order valence-corrected chi connectivity index (χ0v) is 6.82. The highest BCUT2D eigenvalue weighted by Gasteiger charge is 2.27. The molecule has 0 radical (unpaired) electrons. The number of carbonyl (C=O) groups excluding carboxylic acids is 1. The number of fused-ring (bicyclic) bond motifs is 1. The number of hydrogen-bond donors (Lipinski definition) is 0. The number of carbonyl (C=O) groups is 1. The molecule has 1 unspecified atom stereocenters. The Bertz CT molecular complexity index is 319. The Balaban J connectivity index is 2.69. The van der Waals surface area contributed by atoms with E-state index in [1.807, 2.05) is 0 Å². The van der Waals surface area contributed by atoms with Gasteiger partial charge in [0.15, 0.2) is 0 Å². The fourth-order valence-corrected chi connectivity index (χ4v) is 3.11. The Kier molecular flexibility index (Phi) is 1.50. The van der Waals surface area contributed by atoms with E-state index in [1.54, 1.807) is 0 Å². The van der Waals surface area contributed by atoms with Gasteiger partial charge in [0.25, 0.3) is 0 Å². The Labute approximate surface area is 68.3 Å². The van der Waals surface area contributed by atoms with Gasteiger partial charge in [-0.3, -0.25) is 4.79 Å². The van der Waals surface area contributed by atoms with Crippen molar-refractivity contribution in [3.8, 4) is 0 Å². The van der Waals surface area contributed by atoms with Gasteiger partial charge in [-0.05, 0) is 0 Å². The van der Waals surface area contributed by atoms with Crippen LogP contribution in [0.25, 0.3) is 0 Å². The average Bonchev–Trinajstić information content (AvgIpc) is 2.30. The maximum Gasteiger partial charge on any atom is 0.235 e. The Morgan fingerprint density at radius 1 is 1.36 bits per heavy atom. The minimum absolute atomic E-state index is 0.187. The van der Waals surface area contributed by atoms with Gasteiger partial charge in [0, 0.05) is 10.8 Å². The molecular weight excluding hydrogens is 184 g/mol. The average molecular weight is 186 g/mol. The summed E-state index contributed by atoms with van der Waals surface area (Å²) < 4.78 is 11.1. The highest BCUT2D eigenvalue weighted by Crippen LogP contribution is 2.32. The zero-order chi connectivity index (χ0) is 7.84. The van der Waals surface area contributed by atoms with E-state index in [0.717, 1.165) is 10.8 Å². The van der Waals surface area contributed by atoms with Crippen LogP contribution in [-0.2, 0) is 9.83 Å². The van der Waals surface area contributed by atoms with Crippen molar-refractivity contribution in [2.45, 2.75) is 4.90 Å². The summed E-state index contributed by atoms with van der Waals surface area (Å²) in [7, 11) is -0.461. The first-order valence-corrected chi connectivity index (χ1v) is 5.22. The van der Waals surface area contributed by atoms with Gasteiger partial charge in [-0.15, -0.1) is 0 Å². The van der Waals surface area contributed by atoms with Gasteiger partial charge in [-0.2, -0.15) is 10.2 Å². The van der Waals surface area contributed by atoms with Crippen LogP contribution in [0.2, 0.25) is 0 Å². The second-order valence-electron chi connectivity index (χ2n) is 1.87. The highest BCUT2D eigenvalue weighted by molar-refractivity contribution is 8.76. The highest BCUT2D eigenvalue weighted by atomic mass is 33.1. The Morgan fingerprint density at radius 2 is 2.09 bits per heavy atom. The predicted molar refractivity (Wildman–Crippen MR) is 40.4 cm³/mol. The van der Waals surface area contributed by atoms with Gasteiger partial charge in [-0.25, -0.2) is 4.21 Å². The summed E-state index contributed by atoms with van der Waals surface area (Å²) in [5.41, 5.74) is 0.420. The van der Waals surface area contributed by atoms with Crippen LogP contribution >= 0.6 is 10.8 Å². The third kappa shape index (κ3) is 0.982. The molecule has 1 aromatic heterocycles. The monoisotopic (exact) mass is 186 g/mol. The molecular formula is C5H2N2O2S2. The molecule has 0 fully saturated rings. The summed E-state index contributed by atoms with van der Waals surface area (Å²) in [5.74, 6) is 0. The molecule has 56 valence electrons. The molecule has 1 aliphatic rings. The SMILES string of the molecule is O=C1SS(=O)c2cnncc21. The zero-order valence-electron chi connectivity index (χ0n) is 5.18. The van der Waals surface area contributed by atoms with Gasteiger partial charge < -0.3 is 0 Å². The van der Waals surface area contributed by atoms with E-state index in [0.29, 0.717) is 10.5 Å². The molecule has 0 aliphatic carbocycles. The molecule has 2 heterocycles. The maximum atomic E-state index is 11.1. The van der Waals surface area contributed by atoms with Gasteiger partial charge in [0.1, 0.15) is 9.83 Å². The van der Waals surface area contributed by atoms with Crippen molar-refractivity contribution in [2.75, 3.05) is 0 Å². The standard InChI is InChI=1S/C5H2N2O2S2/c8-5-3-1-6-7-2-4(3)11(9)10-5/h1-2H. The molecule has 0 amide bonds. The van der Waals surface area contributed by atoms with Crippen molar-refractivity contribution in [1.82, 2.24) is 10.2 Å². The molecule has 0 N–H and O–H groups in total. The summed E-state index contributed by atoms with van der Waals surface area (Å²) in [6, 6.07) is 0. The second kappa shape index (κ2) is 2.38. The van der Waals surface area contributed by atoms with Crippen molar-refractivity contribution in [2.24, 2.45) is 0 Å². The summed E-state index contributed by atoms with van der Waals surface area (Å²) in [5, 5.41) is 6.87. The van der Waals surface area contributed by atoms with Crippen molar-refractivity contribution in [1.29, 1.82) is 0 Å². The van der Waals surface area contributed by atoms with Crippen LogP contribution in [0.5, 0.6) is 0 Å². The van der Waals surface area contributed by atoms with Gasteiger partial charge in [0.2, 0.25) is 5.12 Å². The molecule has 0 bridgehead atoms. The lowest BCUT2D eigenvalue weighted by Gasteiger charge is -1.87. The van der Waals surface area contributed by atoms with Crippen LogP contribution in [0, 0.1) is 0 Å². The largest absolute Gasteiger partial charge is 0.280 e. The first-order chi connectivity index (χ1) is 5.29. The number of aromatic nitrogens is 2. The molecule has 0 aromatic carbocycles. The van der Waals surface area contributed by atoms with Crippen molar-refractivity contribution < 1.29 is 9.00 Å². The fourth-order valence-electron chi connectivity index (χ4n) is 0.755. The summed E-state index contributed by atoms with van der Waals surface area (Å²) in [6.45, 7) is 0. The third-order valence-corrected chi connectivity index (χ3v) is 3.90. The summed E-state index contributed by atoms with van der Waals surface area (Å²) in [4.78, 5) is 11.5. The summed E-state index contributed by atoms with van der Waals surface area (Å²) in [6.07, 6.45) is 2.71. The number of rotatable bonds is 0. The van der Waals surface area contributed by atoms with E-state index in [2.05, 4.69) is 10.2 Å². The van der Waals surface area contributed by atoms with Crippen LogP contribution in [0.4, 0.5) is 0 Å². The van der Waals surface area contributed by atoms with E-state index >= 15 is 0 Å². The van der Waals surface area contributed by atoms with E-state index in [4.69, 9.17) is 0 Å². The van der Waals surface area contributed by atoms with E-state index in [1.165, 1.54) is 12.4 Å². The van der Waals surface area contributed by atoms with Crippen LogP contribution < -0.4 is 0 Å². The van der Waals surface area contributed by atoms with Crippen molar-refractivity contribution in [3.63, 3.8) is 0 Å². The smallest absolute Gasteiger partial charge is 0.235 e. The Morgan fingerprint density at radius 3 is 2.82 bits per heavy atom. The second-order valence-corrected chi connectivity index (χ2v) is 4.73. The van der Waals surface area contributed by atoms with E-state index in [-0.39, 0.29) is 5.12 Å². The minimum atomic E-state index is -1.26. The number of nitrogens with zero attached hydrogens (tertiary/aromatic N) is 2. The van der Waals surface area contributed by atoms with Crippen LogP contribution in [0.15, 0.2) is 17.3 Å². The molecule has 0 spiro atoms. The van der Waals surface area contributed by atoms with Crippen molar-refractivity contribution in [3.05, 3.63) is 18.0 Å². The summed E-state index contributed by atoms with van der Waals surface area (Å²) >= 11 is 0. The first-order valence-electron chi connectivity index (χ1n) is 2.74.